The van der Waals surface area contributed by atoms with Crippen molar-refractivity contribution in [1.29, 1.82) is 0 Å². The summed E-state index contributed by atoms with van der Waals surface area (Å²) >= 11 is 0. The highest BCUT2D eigenvalue weighted by molar-refractivity contribution is 5.86. The zero-order chi connectivity index (χ0) is 18.1. The Hall–Kier alpha value is -1.47. The fourth-order valence-electron chi connectivity index (χ4n) is 2.21. The Labute approximate surface area is 134 Å². The lowest BCUT2D eigenvalue weighted by atomic mass is 9.86. The average molecular weight is 338 g/mol. The predicted molar refractivity (Wildman–Crippen MR) is 78.8 cm³/mol. The normalized spacial score (nSPS) is 17.8. The lowest BCUT2D eigenvalue weighted by molar-refractivity contribution is -0.244. The zero-order valence-corrected chi connectivity index (χ0v) is 14.2. The molecule has 0 aromatic carbocycles. The van der Waals surface area contributed by atoms with Gasteiger partial charge in [-0.2, -0.15) is 13.2 Å². The summed E-state index contributed by atoms with van der Waals surface area (Å²) in [6.45, 7) is 7.93. The van der Waals surface area contributed by atoms with Gasteiger partial charge in [-0.3, -0.25) is 4.79 Å². The molecule has 1 unspecified atom stereocenters. The van der Waals surface area contributed by atoms with Crippen LogP contribution in [0.4, 0.5) is 18.0 Å². The van der Waals surface area contributed by atoms with E-state index in [0.717, 1.165) is 26.7 Å². The van der Waals surface area contributed by atoms with E-state index < -0.39 is 29.3 Å². The van der Waals surface area contributed by atoms with E-state index in [1.807, 2.05) is 0 Å². The summed E-state index contributed by atoms with van der Waals surface area (Å²) < 4.78 is 42.9. The molecule has 1 atom stereocenters. The quantitative estimate of drug-likeness (QED) is 0.860. The van der Waals surface area contributed by atoms with Crippen LogP contribution < -0.4 is 5.32 Å². The van der Waals surface area contributed by atoms with E-state index in [9.17, 15) is 22.8 Å². The van der Waals surface area contributed by atoms with Crippen LogP contribution in [0.1, 0.15) is 47.5 Å². The molecular formula is C15H25F3N2O3. The van der Waals surface area contributed by atoms with Crippen LogP contribution >= 0.6 is 0 Å². The second-order valence-electron chi connectivity index (χ2n) is 7.37. The lowest BCUT2D eigenvalue weighted by Crippen LogP contribution is -2.56. The summed E-state index contributed by atoms with van der Waals surface area (Å²) in [7, 11) is 0. The first kappa shape index (κ1) is 19.6. The summed E-state index contributed by atoms with van der Waals surface area (Å²) in [6.07, 6.45) is -4.18. The first-order valence-corrected chi connectivity index (χ1v) is 7.61. The first-order valence-electron chi connectivity index (χ1n) is 7.61. The molecule has 1 aliphatic rings. The van der Waals surface area contributed by atoms with Gasteiger partial charge in [0.05, 0.1) is 0 Å². The third kappa shape index (κ3) is 5.00. The number of rotatable bonds is 3. The van der Waals surface area contributed by atoms with E-state index in [1.54, 1.807) is 25.7 Å². The fraction of sp³-hybridized carbons (Fsp3) is 0.867. The molecule has 0 aromatic rings. The van der Waals surface area contributed by atoms with Crippen molar-refractivity contribution < 1.29 is 27.5 Å². The number of halogens is 3. The number of carbonyl (C=O) groups excluding carboxylic acids is 2. The minimum Gasteiger partial charge on any atom is -0.434 e. The van der Waals surface area contributed by atoms with Crippen LogP contribution in [0.2, 0.25) is 0 Å². The predicted octanol–water partition coefficient (Wildman–Crippen LogP) is 3.09. The SMILES string of the molecule is CC(C)(C)C(NC(=O)OC(C)(C)C(F)(F)F)C(=O)N1CCCC1. The van der Waals surface area contributed by atoms with Crippen LogP contribution in [0.3, 0.4) is 0 Å². The molecule has 0 aromatic heterocycles. The monoisotopic (exact) mass is 338 g/mol. The molecule has 5 nitrogen and oxygen atoms in total. The van der Waals surface area contributed by atoms with E-state index in [4.69, 9.17) is 0 Å². The molecule has 1 aliphatic heterocycles. The van der Waals surface area contributed by atoms with Gasteiger partial charge < -0.3 is 15.0 Å². The van der Waals surface area contributed by atoms with Crippen LogP contribution in [0, 0.1) is 5.41 Å². The zero-order valence-electron chi connectivity index (χ0n) is 14.2. The molecule has 2 amide bonds. The first-order chi connectivity index (χ1) is 10.3. The van der Waals surface area contributed by atoms with Crippen molar-refractivity contribution in [2.45, 2.75) is 65.3 Å². The standard InChI is InChI=1S/C15H25F3N2O3/c1-13(2,3)10(11(21)20-8-6-7-9-20)19-12(22)23-14(4,5)15(16,17)18/h10H,6-9H2,1-5H3,(H,19,22). The fourth-order valence-corrected chi connectivity index (χ4v) is 2.21. The Kier molecular flexibility index (Phi) is 5.59. The van der Waals surface area contributed by atoms with Crippen LogP contribution in [0.15, 0.2) is 0 Å². The summed E-state index contributed by atoms with van der Waals surface area (Å²) in [5, 5.41) is 2.31. The molecule has 0 bridgehead atoms. The molecule has 134 valence electrons. The van der Waals surface area contributed by atoms with Crippen molar-refractivity contribution in [2.24, 2.45) is 5.41 Å². The largest absolute Gasteiger partial charge is 0.434 e. The minimum absolute atomic E-state index is 0.295. The average Bonchev–Trinajstić information content (AvgIpc) is 2.85. The molecule has 1 N–H and O–H groups in total. The van der Waals surface area contributed by atoms with Crippen LogP contribution in [-0.4, -0.2) is 47.8 Å². The second-order valence-corrected chi connectivity index (χ2v) is 7.37. The molecule has 0 spiro atoms. The van der Waals surface area contributed by atoms with Gasteiger partial charge in [-0.25, -0.2) is 4.79 Å². The number of alkyl carbamates (subject to hydrolysis) is 1. The topological polar surface area (TPSA) is 58.6 Å². The van der Waals surface area contributed by atoms with E-state index in [2.05, 4.69) is 10.1 Å². The molecule has 23 heavy (non-hydrogen) atoms. The van der Waals surface area contributed by atoms with Crippen LogP contribution in [0.25, 0.3) is 0 Å². The van der Waals surface area contributed by atoms with Gasteiger partial charge in [-0.05, 0) is 32.1 Å². The number of carbonyl (C=O) groups is 2. The second kappa shape index (κ2) is 6.57. The molecule has 0 saturated carbocycles. The summed E-state index contributed by atoms with van der Waals surface area (Å²) in [4.78, 5) is 26.0. The number of alkyl halides is 3. The van der Waals surface area contributed by atoms with Gasteiger partial charge in [0.2, 0.25) is 11.5 Å². The van der Waals surface area contributed by atoms with Gasteiger partial charge in [0.1, 0.15) is 6.04 Å². The lowest BCUT2D eigenvalue weighted by Gasteiger charge is -2.34. The number of ether oxygens (including phenoxy) is 1. The highest BCUT2D eigenvalue weighted by Gasteiger charge is 2.51. The summed E-state index contributed by atoms with van der Waals surface area (Å²) in [5.41, 5.74) is -3.28. The molecular weight excluding hydrogens is 313 g/mol. The summed E-state index contributed by atoms with van der Waals surface area (Å²) in [6, 6.07) is -0.947. The Morgan fingerprint density at radius 1 is 1.04 bits per heavy atom. The van der Waals surface area contributed by atoms with Crippen molar-refractivity contribution in [3.63, 3.8) is 0 Å². The molecule has 1 heterocycles. The maximum Gasteiger partial charge on any atom is 0.427 e. The minimum atomic E-state index is -4.69. The van der Waals surface area contributed by atoms with Crippen molar-refractivity contribution in [2.75, 3.05) is 13.1 Å². The van der Waals surface area contributed by atoms with Crippen molar-refractivity contribution in [3.05, 3.63) is 0 Å². The van der Waals surface area contributed by atoms with Crippen LogP contribution in [0.5, 0.6) is 0 Å². The number of likely N-dealkylation sites (tertiary alicyclic amines) is 1. The highest BCUT2D eigenvalue weighted by Crippen LogP contribution is 2.33. The maximum atomic E-state index is 12.8. The molecule has 0 aliphatic carbocycles. The van der Waals surface area contributed by atoms with E-state index in [-0.39, 0.29) is 5.91 Å². The molecule has 1 saturated heterocycles. The van der Waals surface area contributed by atoms with Crippen molar-refractivity contribution in [1.82, 2.24) is 10.2 Å². The molecule has 8 heteroatoms. The Bertz CT molecular complexity index is 450. The van der Waals surface area contributed by atoms with Crippen molar-refractivity contribution in [3.8, 4) is 0 Å². The number of nitrogens with zero attached hydrogens (tertiary/aromatic N) is 1. The molecule has 1 fully saturated rings. The smallest absolute Gasteiger partial charge is 0.427 e. The number of nitrogens with one attached hydrogen (secondary N) is 1. The van der Waals surface area contributed by atoms with Gasteiger partial charge in [-0.15, -0.1) is 0 Å². The Balaban J connectivity index is 2.82. The Morgan fingerprint density at radius 2 is 1.52 bits per heavy atom. The number of hydrogen-bond donors (Lipinski definition) is 1. The van der Waals surface area contributed by atoms with Crippen molar-refractivity contribution >= 4 is 12.0 Å². The van der Waals surface area contributed by atoms with Gasteiger partial charge >= 0.3 is 12.3 Å². The number of amides is 2. The van der Waals surface area contributed by atoms with E-state index >= 15 is 0 Å². The number of hydrogen-bond acceptors (Lipinski definition) is 3. The molecule has 1 rings (SSSR count). The van der Waals surface area contributed by atoms with E-state index in [1.165, 1.54) is 0 Å². The van der Waals surface area contributed by atoms with Crippen LogP contribution in [-0.2, 0) is 9.53 Å². The molecule has 0 radical (unpaired) electrons. The third-order valence-corrected chi connectivity index (χ3v) is 3.82. The Morgan fingerprint density at radius 3 is 1.91 bits per heavy atom. The van der Waals surface area contributed by atoms with Gasteiger partial charge in [-0.1, -0.05) is 20.8 Å². The van der Waals surface area contributed by atoms with Gasteiger partial charge in [0.15, 0.2) is 0 Å². The summed E-state index contributed by atoms with van der Waals surface area (Å²) in [5.74, 6) is -0.295. The van der Waals surface area contributed by atoms with E-state index in [0.29, 0.717) is 13.1 Å². The van der Waals surface area contributed by atoms with Gasteiger partial charge in [0, 0.05) is 13.1 Å². The highest BCUT2D eigenvalue weighted by atomic mass is 19.4. The maximum absolute atomic E-state index is 12.8. The third-order valence-electron chi connectivity index (χ3n) is 3.82. The van der Waals surface area contributed by atoms with Gasteiger partial charge in [0.25, 0.3) is 0 Å².